The molecule has 1 saturated carbocycles. The SMILES string of the molecule is COC(=O)Cn1c(C(=O)N2CCN(C(=O)[C@@H](NC(=O)OC(C)(C)C)C3CCCCC3)C[C@@H]2C)cc2cc(F)c(F)cc21. The minimum Gasteiger partial charge on any atom is -0.468 e. The predicted octanol–water partition coefficient (Wildman–Crippen LogP) is 4.24. The fourth-order valence-corrected chi connectivity index (χ4v) is 5.88. The van der Waals surface area contributed by atoms with E-state index in [-0.39, 0.29) is 54.6 Å². The fraction of sp³-hybridized carbons (Fsp3) is 0.600. The Morgan fingerprint density at radius 2 is 1.69 bits per heavy atom. The molecule has 1 aromatic carbocycles. The summed E-state index contributed by atoms with van der Waals surface area (Å²) >= 11 is 0. The minimum atomic E-state index is -1.10. The van der Waals surface area contributed by atoms with Crippen LogP contribution in [0, 0.1) is 17.6 Å². The quantitative estimate of drug-likeness (QED) is 0.504. The molecule has 0 bridgehead atoms. The second-order valence-corrected chi connectivity index (χ2v) is 12.2. The highest BCUT2D eigenvalue weighted by Gasteiger charge is 2.39. The van der Waals surface area contributed by atoms with Crippen molar-refractivity contribution in [2.24, 2.45) is 5.92 Å². The first-order chi connectivity index (χ1) is 19.8. The smallest absolute Gasteiger partial charge is 0.408 e. The molecule has 2 aliphatic rings. The van der Waals surface area contributed by atoms with Gasteiger partial charge in [-0.25, -0.2) is 13.6 Å². The first-order valence-corrected chi connectivity index (χ1v) is 14.4. The summed E-state index contributed by atoms with van der Waals surface area (Å²) in [7, 11) is 1.20. The van der Waals surface area contributed by atoms with Gasteiger partial charge in [0.1, 0.15) is 23.9 Å². The van der Waals surface area contributed by atoms with Crippen molar-refractivity contribution in [3.05, 3.63) is 35.5 Å². The number of fused-ring (bicyclic) bond motifs is 1. The number of hydrogen-bond donors (Lipinski definition) is 1. The van der Waals surface area contributed by atoms with Gasteiger partial charge in [0.2, 0.25) is 5.91 Å². The van der Waals surface area contributed by atoms with E-state index >= 15 is 0 Å². The average Bonchev–Trinajstić information content (AvgIpc) is 3.27. The molecule has 1 aliphatic carbocycles. The number of amides is 3. The van der Waals surface area contributed by atoms with E-state index in [9.17, 15) is 28.0 Å². The summed E-state index contributed by atoms with van der Waals surface area (Å²) in [5, 5.41) is 3.10. The summed E-state index contributed by atoms with van der Waals surface area (Å²) in [4.78, 5) is 55.6. The number of alkyl carbamates (subject to hydrolysis) is 1. The van der Waals surface area contributed by atoms with E-state index in [1.54, 1.807) is 37.5 Å². The molecule has 1 aliphatic heterocycles. The van der Waals surface area contributed by atoms with E-state index in [4.69, 9.17) is 9.47 Å². The monoisotopic (exact) mass is 590 g/mol. The molecule has 2 fully saturated rings. The largest absolute Gasteiger partial charge is 0.468 e. The molecule has 230 valence electrons. The maximum atomic E-state index is 14.1. The van der Waals surface area contributed by atoms with Crippen LogP contribution < -0.4 is 5.32 Å². The van der Waals surface area contributed by atoms with Crippen LogP contribution in [-0.4, -0.2) is 82.7 Å². The highest BCUT2D eigenvalue weighted by molar-refractivity contribution is 6.00. The molecule has 0 spiro atoms. The minimum absolute atomic E-state index is 0.0106. The molecule has 1 aromatic heterocycles. The lowest BCUT2D eigenvalue weighted by molar-refractivity contribution is -0.141. The molecular weight excluding hydrogens is 550 g/mol. The van der Waals surface area contributed by atoms with E-state index < -0.39 is 47.3 Å². The van der Waals surface area contributed by atoms with Gasteiger partial charge >= 0.3 is 12.1 Å². The Kier molecular flexibility index (Phi) is 9.42. The number of hydrogen-bond acceptors (Lipinski definition) is 6. The zero-order valence-electron chi connectivity index (χ0n) is 24.9. The molecule has 4 rings (SSSR count). The number of ether oxygens (including phenoxy) is 2. The van der Waals surface area contributed by atoms with Crippen LogP contribution in [0.25, 0.3) is 10.9 Å². The molecule has 42 heavy (non-hydrogen) atoms. The summed E-state index contributed by atoms with van der Waals surface area (Å²) < 4.78 is 39.6. The van der Waals surface area contributed by atoms with Crippen molar-refractivity contribution in [1.82, 2.24) is 19.7 Å². The lowest BCUT2D eigenvalue weighted by Gasteiger charge is -2.42. The number of carbonyl (C=O) groups excluding carboxylic acids is 4. The number of methoxy groups -OCH3 is 1. The number of piperazine rings is 1. The van der Waals surface area contributed by atoms with Crippen LogP contribution in [0.15, 0.2) is 18.2 Å². The number of carbonyl (C=O) groups is 4. The van der Waals surface area contributed by atoms with Gasteiger partial charge in [0, 0.05) is 37.1 Å². The van der Waals surface area contributed by atoms with E-state index in [0.29, 0.717) is 0 Å². The van der Waals surface area contributed by atoms with Crippen LogP contribution in [-0.2, 0) is 25.6 Å². The second kappa shape index (κ2) is 12.7. The number of nitrogens with one attached hydrogen (secondary N) is 1. The van der Waals surface area contributed by atoms with Crippen molar-refractivity contribution in [2.75, 3.05) is 26.7 Å². The van der Waals surface area contributed by atoms with Gasteiger partial charge in [-0.1, -0.05) is 19.3 Å². The topological polar surface area (TPSA) is 110 Å². The lowest BCUT2D eigenvalue weighted by Crippen LogP contribution is -2.60. The fourth-order valence-electron chi connectivity index (χ4n) is 5.88. The van der Waals surface area contributed by atoms with E-state index in [2.05, 4.69) is 5.32 Å². The normalized spacial score (nSPS) is 19.0. The van der Waals surface area contributed by atoms with Crippen LogP contribution in [0.2, 0.25) is 0 Å². The summed E-state index contributed by atoms with van der Waals surface area (Å²) in [6.45, 7) is 7.38. The molecule has 1 saturated heterocycles. The molecule has 12 heteroatoms. The van der Waals surface area contributed by atoms with Crippen LogP contribution >= 0.6 is 0 Å². The lowest BCUT2D eigenvalue weighted by atomic mass is 9.83. The molecule has 1 N–H and O–H groups in total. The van der Waals surface area contributed by atoms with Crippen molar-refractivity contribution in [2.45, 2.75) is 84.0 Å². The Morgan fingerprint density at radius 1 is 1.02 bits per heavy atom. The maximum Gasteiger partial charge on any atom is 0.408 e. The highest BCUT2D eigenvalue weighted by atomic mass is 19.2. The van der Waals surface area contributed by atoms with Gasteiger partial charge in [-0.3, -0.25) is 14.4 Å². The van der Waals surface area contributed by atoms with E-state index in [0.717, 1.165) is 44.2 Å². The van der Waals surface area contributed by atoms with Gasteiger partial charge in [-0.2, -0.15) is 0 Å². The third-order valence-electron chi connectivity index (χ3n) is 7.94. The van der Waals surface area contributed by atoms with E-state index in [1.807, 2.05) is 0 Å². The molecule has 0 radical (unpaired) electrons. The molecule has 10 nitrogen and oxygen atoms in total. The Bertz CT molecular complexity index is 1350. The summed E-state index contributed by atoms with van der Waals surface area (Å²) in [5.41, 5.74) is -0.440. The number of halogens is 2. The predicted molar refractivity (Wildman–Crippen MR) is 151 cm³/mol. The van der Waals surface area contributed by atoms with Crippen molar-refractivity contribution >= 4 is 34.8 Å². The van der Waals surface area contributed by atoms with Crippen molar-refractivity contribution in [3.8, 4) is 0 Å². The molecule has 2 aromatic rings. The van der Waals surface area contributed by atoms with Gasteiger partial charge in [-0.05, 0) is 58.6 Å². The third kappa shape index (κ3) is 7.01. The zero-order chi connectivity index (χ0) is 30.8. The van der Waals surface area contributed by atoms with Crippen molar-refractivity contribution < 1.29 is 37.4 Å². The van der Waals surface area contributed by atoms with Gasteiger partial charge in [0.15, 0.2) is 11.6 Å². The van der Waals surface area contributed by atoms with Gasteiger partial charge in [0.05, 0.1) is 12.6 Å². The number of rotatable bonds is 6. The third-order valence-corrected chi connectivity index (χ3v) is 7.94. The zero-order valence-corrected chi connectivity index (χ0v) is 24.9. The first-order valence-electron chi connectivity index (χ1n) is 14.4. The summed E-state index contributed by atoms with van der Waals surface area (Å²) in [6.07, 6.45) is 4.07. The van der Waals surface area contributed by atoms with Gasteiger partial charge < -0.3 is 29.2 Å². The second-order valence-electron chi connectivity index (χ2n) is 12.2. The first kappa shape index (κ1) is 31.2. The number of benzene rings is 1. The standard InChI is InChI=1S/C30H40F2N4O6/c1-18-16-34(28(39)26(19-9-7-6-8-10-19)33-29(40)42-30(2,3)4)11-12-35(18)27(38)24-14-20-13-21(31)22(32)15-23(20)36(24)17-25(37)41-5/h13-15,18-19,26H,6-12,16-17H2,1-5H3,(H,33,40)/t18-,26-/m0/s1. The Morgan fingerprint density at radius 3 is 2.31 bits per heavy atom. The highest BCUT2D eigenvalue weighted by Crippen LogP contribution is 2.29. The van der Waals surface area contributed by atoms with Gasteiger partial charge in [0.25, 0.3) is 5.91 Å². The molecule has 0 unspecified atom stereocenters. The Labute approximate surface area is 244 Å². The molecule has 2 heterocycles. The van der Waals surface area contributed by atoms with Gasteiger partial charge in [-0.15, -0.1) is 0 Å². The molecule has 3 amide bonds. The van der Waals surface area contributed by atoms with Crippen LogP contribution in [0.5, 0.6) is 0 Å². The number of esters is 1. The Hall–Kier alpha value is -3.70. The number of nitrogens with zero attached hydrogens (tertiary/aromatic N) is 3. The van der Waals surface area contributed by atoms with Crippen LogP contribution in [0.4, 0.5) is 13.6 Å². The van der Waals surface area contributed by atoms with Crippen LogP contribution in [0.1, 0.15) is 70.3 Å². The summed E-state index contributed by atoms with van der Waals surface area (Å²) in [6, 6.07) is 2.21. The summed E-state index contributed by atoms with van der Waals surface area (Å²) in [5.74, 6) is -3.48. The van der Waals surface area contributed by atoms with Crippen molar-refractivity contribution in [3.63, 3.8) is 0 Å². The maximum absolute atomic E-state index is 14.1. The van der Waals surface area contributed by atoms with Crippen LogP contribution in [0.3, 0.4) is 0 Å². The number of aromatic nitrogens is 1. The molecule has 2 atom stereocenters. The Balaban J connectivity index is 1.53. The average molecular weight is 591 g/mol. The molecular formula is C30H40F2N4O6. The van der Waals surface area contributed by atoms with E-state index in [1.165, 1.54) is 17.7 Å². The van der Waals surface area contributed by atoms with Crippen molar-refractivity contribution in [1.29, 1.82) is 0 Å².